The monoisotopic (exact) mass is 388 g/mol. The van der Waals surface area contributed by atoms with Crippen LogP contribution in [0.4, 0.5) is 8.78 Å². The maximum atomic E-state index is 13.8. The lowest BCUT2D eigenvalue weighted by molar-refractivity contribution is 0.0939. The number of para-hydroxylation sites is 1. The van der Waals surface area contributed by atoms with Crippen LogP contribution in [0.15, 0.2) is 47.8 Å². The number of benzene rings is 2. The summed E-state index contributed by atoms with van der Waals surface area (Å²) in [7, 11) is 0. The van der Waals surface area contributed by atoms with E-state index in [1.165, 1.54) is 11.3 Å². The fourth-order valence-corrected chi connectivity index (χ4v) is 3.25. The van der Waals surface area contributed by atoms with Crippen LogP contribution in [0.5, 0.6) is 5.75 Å². The van der Waals surface area contributed by atoms with E-state index in [0.29, 0.717) is 22.0 Å². The number of nitrogens with zero attached hydrogens (tertiary/aromatic N) is 1. The molecule has 0 radical (unpaired) electrons. The minimum absolute atomic E-state index is 0.0134. The van der Waals surface area contributed by atoms with Gasteiger partial charge in [0.15, 0.2) is 0 Å². The van der Waals surface area contributed by atoms with Crippen molar-refractivity contribution in [1.82, 2.24) is 10.3 Å². The molecule has 0 bridgehead atoms. The van der Waals surface area contributed by atoms with Crippen LogP contribution in [0.3, 0.4) is 0 Å². The van der Waals surface area contributed by atoms with Crippen molar-refractivity contribution >= 4 is 17.2 Å². The van der Waals surface area contributed by atoms with Crippen molar-refractivity contribution in [2.24, 2.45) is 0 Å². The summed E-state index contributed by atoms with van der Waals surface area (Å²) in [6, 6.07) is 10.4. The Kier molecular flexibility index (Phi) is 5.81. The first kappa shape index (κ1) is 19.0. The molecule has 0 unspecified atom stereocenters. The van der Waals surface area contributed by atoms with Crippen LogP contribution in [0.25, 0.3) is 10.6 Å². The quantitative estimate of drug-likeness (QED) is 0.660. The Morgan fingerprint density at radius 3 is 2.78 bits per heavy atom. The number of carbonyl (C=O) groups is 1. The third-order valence-corrected chi connectivity index (χ3v) is 4.54. The summed E-state index contributed by atoms with van der Waals surface area (Å²) in [6.07, 6.45) is 0. The maximum Gasteiger partial charge on any atom is 0.270 e. The van der Waals surface area contributed by atoms with Gasteiger partial charge in [0.1, 0.15) is 34.7 Å². The Morgan fingerprint density at radius 1 is 1.22 bits per heavy atom. The zero-order valence-corrected chi connectivity index (χ0v) is 15.6. The van der Waals surface area contributed by atoms with Crippen molar-refractivity contribution in [3.8, 4) is 16.3 Å². The molecule has 7 heteroatoms. The van der Waals surface area contributed by atoms with Crippen LogP contribution >= 0.6 is 11.3 Å². The number of hydrogen-bond donors (Lipinski definition) is 1. The molecule has 1 heterocycles. The SMILES string of the molecule is CC(C)NC(=O)c1csc(-c2ccccc2OCc2cc(F)ccc2F)n1. The van der Waals surface area contributed by atoms with Gasteiger partial charge >= 0.3 is 0 Å². The molecule has 1 N–H and O–H groups in total. The number of amides is 1. The Balaban J connectivity index is 1.81. The minimum atomic E-state index is -0.532. The molecule has 27 heavy (non-hydrogen) atoms. The Bertz CT molecular complexity index is 957. The van der Waals surface area contributed by atoms with E-state index in [2.05, 4.69) is 10.3 Å². The number of hydrogen-bond acceptors (Lipinski definition) is 4. The Labute approximate surface area is 159 Å². The zero-order chi connectivity index (χ0) is 19.4. The van der Waals surface area contributed by atoms with E-state index >= 15 is 0 Å². The van der Waals surface area contributed by atoms with Crippen LogP contribution in [0.1, 0.15) is 29.9 Å². The molecule has 3 aromatic rings. The molecular weight excluding hydrogens is 370 g/mol. The summed E-state index contributed by atoms with van der Waals surface area (Å²) in [4.78, 5) is 16.5. The van der Waals surface area contributed by atoms with Gasteiger partial charge in [0.25, 0.3) is 5.91 Å². The molecule has 0 aliphatic rings. The van der Waals surface area contributed by atoms with Gasteiger partial charge in [-0.05, 0) is 44.2 Å². The highest BCUT2D eigenvalue weighted by atomic mass is 32.1. The van der Waals surface area contributed by atoms with E-state index in [1.54, 1.807) is 23.6 Å². The highest BCUT2D eigenvalue weighted by Gasteiger charge is 2.15. The molecule has 4 nitrogen and oxygen atoms in total. The lowest BCUT2D eigenvalue weighted by Crippen LogP contribution is -2.30. The number of nitrogens with one attached hydrogen (secondary N) is 1. The molecule has 1 amide bonds. The van der Waals surface area contributed by atoms with E-state index in [4.69, 9.17) is 4.74 Å². The third-order valence-electron chi connectivity index (χ3n) is 3.66. The summed E-state index contributed by atoms with van der Waals surface area (Å²) >= 11 is 1.31. The molecule has 0 aliphatic carbocycles. The number of thiazole rings is 1. The van der Waals surface area contributed by atoms with Crippen LogP contribution in [-0.4, -0.2) is 16.9 Å². The predicted octanol–water partition coefficient (Wildman–Crippen LogP) is 4.81. The van der Waals surface area contributed by atoms with Gasteiger partial charge in [0.2, 0.25) is 0 Å². The summed E-state index contributed by atoms with van der Waals surface area (Å²) in [5.74, 6) is -0.821. The van der Waals surface area contributed by atoms with E-state index in [9.17, 15) is 13.6 Å². The van der Waals surface area contributed by atoms with Crippen LogP contribution < -0.4 is 10.1 Å². The first-order chi connectivity index (χ1) is 12.9. The summed E-state index contributed by atoms with van der Waals surface area (Å²) < 4.78 is 32.8. The molecule has 0 saturated heterocycles. The fourth-order valence-electron chi connectivity index (χ4n) is 2.42. The van der Waals surface area contributed by atoms with E-state index in [0.717, 1.165) is 18.2 Å². The molecule has 1 aromatic heterocycles. The standard InChI is InChI=1S/C20H18F2N2O2S/c1-12(2)23-19(25)17-11-27-20(24-17)15-5-3-4-6-18(15)26-10-13-9-14(21)7-8-16(13)22/h3-9,11-12H,10H2,1-2H3,(H,23,25). The lowest BCUT2D eigenvalue weighted by Gasteiger charge is -2.10. The summed E-state index contributed by atoms with van der Waals surface area (Å²) in [5, 5.41) is 5.08. The zero-order valence-electron chi connectivity index (χ0n) is 14.8. The average molecular weight is 388 g/mol. The summed E-state index contributed by atoms with van der Waals surface area (Å²) in [6.45, 7) is 3.63. The van der Waals surface area contributed by atoms with Crippen molar-refractivity contribution in [1.29, 1.82) is 0 Å². The number of carbonyl (C=O) groups excluding carboxylic acids is 1. The van der Waals surface area contributed by atoms with Gasteiger partial charge in [-0.15, -0.1) is 11.3 Å². The number of rotatable bonds is 6. The van der Waals surface area contributed by atoms with Crippen molar-refractivity contribution in [3.05, 3.63) is 70.7 Å². The van der Waals surface area contributed by atoms with Crippen LogP contribution in [-0.2, 0) is 6.61 Å². The molecule has 2 aromatic carbocycles. The van der Waals surface area contributed by atoms with Crippen molar-refractivity contribution in [2.45, 2.75) is 26.5 Å². The normalized spacial score (nSPS) is 10.9. The smallest absolute Gasteiger partial charge is 0.270 e. The molecule has 0 fully saturated rings. The Hall–Kier alpha value is -2.80. The van der Waals surface area contributed by atoms with Gasteiger partial charge in [-0.1, -0.05) is 12.1 Å². The van der Waals surface area contributed by atoms with Crippen molar-refractivity contribution < 1.29 is 18.3 Å². The number of halogens is 2. The van der Waals surface area contributed by atoms with Gasteiger partial charge in [0, 0.05) is 17.0 Å². The van der Waals surface area contributed by atoms with Gasteiger partial charge in [-0.25, -0.2) is 13.8 Å². The molecule has 0 aliphatic heterocycles. The second-order valence-electron chi connectivity index (χ2n) is 6.19. The molecular formula is C20H18F2N2O2S. The average Bonchev–Trinajstić information content (AvgIpc) is 3.12. The molecule has 140 valence electrons. The minimum Gasteiger partial charge on any atom is -0.488 e. The maximum absolute atomic E-state index is 13.8. The first-order valence-electron chi connectivity index (χ1n) is 8.36. The highest BCUT2D eigenvalue weighted by Crippen LogP contribution is 2.32. The second-order valence-corrected chi connectivity index (χ2v) is 7.04. The molecule has 0 saturated carbocycles. The van der Waals surface area contributed by atoms with Gasteiger partial charge in [0.05, 0.1) is 5.56 Å². The van der Waals surface area contributed by atoms with Gasteiger partial charge in [-0.3, -0.25) is 4.79 Å². The molecule has 0 atom stereocenters. The van der Waals surface area contributed by atoms with Crippen LogP contribution in [0.2, 0.25) is 0 Å². The van der Waals surface area contributed by atoms with E-state index < -0.39 is 11.6 Å². The lowest BCUT2D eigenvalue weighted by atomic mass is 10.2. The molecule has 0 spiro atoms. The van der Waals surface area contributed by atoms with Gasteiger partial charge in [-0.2, -0.15) is 0 Å². The van der Waals surface area contributed by atoms with E-state index in [1.807, 2.05) is 19.9 Å². The van der Waals surface area contributed by atoms with Gasteiger partial charge < -0.3 is 10.1 Å². The van der Waals surface area contributed by atoms with Crippen molar-refractivity contribution in [3.63, 3.8) is 0 Å². The highest BCUT2D eigenvalue weighted by molar-refractivity contribution is 7.13. The topological polar surface area (TPSA) is 51.2 Å². The van der Waals surface area contributed by atoms with Crippen LogP contribution in [0, 0.1) is 11.6 Å². The first-order valence-corrected chi connectivity index (χ1v) is 9.24. The number of ether oxygens (including phenoxy) is 1. The third kappa shape index (κ3) is 4.68. The second kappa shape index (κ2) is 8.26. The fraction of sp³-hybridized carbons (Fsp3) is 0.200. The van der Waals surface area contributed by atoms with Crippen molar-refractivity contribution in [2.75, 3.05) is 0 Å². The largest absolute Gasteiger partial charge is 0.488 e. The molecule has 3 rings (SSSR count). The Morgan fingerprint density at radius 2 is 2.00 bits per heavy atom. The summed E-state index contributed by atoms with van der Waals surface area (Å²) in [5.41, 5.74) is 1.14. The van der Waals surface area contributed by atoms with E-state index in [-0.39, 0.29) is 24.1 Å². The number of aromatic nitrogens is 1. The predicted molar refractivity (Wildman–Crippen MR) is 101 cm³/mol.